The summed E-state index contributed by atoms with van der Waals surface area (Å²) >= 11 is 0. The second-order valence-corrected chi connectivity index (χ2v) is 8.63. The van der Waals surface area contributed by atoms with Gasteiger partial charge in [0.25, 0.3) is 0 Å². The monoisotopic (exact) mass is 452 g/mol. The summed E-state index contributed by atoms with van der Waals surface area (Å²) in [5, 5.41) is 3.39. The quantitative estimate of drug-likeness (QED) is 0.455. The van der Waals surface area contributed by atoms with Crippen LogP contribution in [0.2, 0.25) is 0 Å². The highest BCUT2D eigenvalue weighted by atomic mass is 19.4. The standard InChI is InChI=1S/C23H19F3N6O/c1-12-16(5-7-17(30-12)14-9-29-31(10-14)23(24,25)26)21-20(13-2-3-13)22(33)32(21)15-4-6-18-19(8-15)28-11-27-18/h4-11,13,20-21H,2-3H2,1H3,(H,27,28)/t20-,21+/m0/s1. The Morgan fingerprint density at radius 1 is 1.15 bits per heavy atom. The molecule has 0 bridgehead atoms. The summed E-state index contributed by atoms with van der Waals surface area (Å²) in [6, 6.07) is 9.09. The number of halogens is 3. The Balaban J connectivity index is 1.37. The van der Waals surface area contributed by atoms with Crippen LogP contribution in [0.1, 0.15) is 30.1 Å². The maximum atomic E-state index is 13.2. The molecule has 1 saturated heterocycles. The average molecular weight is 452 g/mol. The molecule has 6 rings (SSSR count). The minimum atomic E-state index is -4.58. The lowest BCUT2D eigenvalue weighted by molar-refractivity contribution is -0.212. The third kappa shape index (κ3) is 3.20. The second kappa shape index (κ2) is 6.90. The summed E-state index contributed by atoms with van der Waals surface area (Å²) in [5.41, 5.74) is 4.72. The predicted molar refractivity (Wildman–Crippen MR) is 114 cm³/mol. The number of hydrogen-bond donors (Lipinski definition) is 1. The van der Waals surface area contributed by atoms with Crippen molar-refractivity contribution in [1.82, 2.24) is 24.7 Å². The van der Waals surface area contributed by atoms with E-state index in [1.807, 2.05) is 31.2 Å². The molecule has 2 fully saturated rings. The lowest BCUT2D eigenvalue weighted by Crippen LogP contribution is -2.56. The van der Waals surface area contributed by atoms with E-state index in [0.29, 0.717) is 17.3 Å². The smallest absolute Gasteiger partial charge is 0.345 e. The summed E-state index contributed by atoms with van der Waals surface area (Å²) < 4.78 is 38.7. The third-order valence-corrected chi connectivity index (χ3v) is 6.54. The molecule has 1 aliphatic carbocycles. The van der Waals surface area contributed by atoms with E-state index in [1.54, 1.807) is 17.3 Å². The Morgan fingerprint density at radius 3 is 2.67 bits per heavy atom. The first kappa shape index (κ1) is 20.0. The van der Waals surface area contributed by atoms with Gasteiger partial charge in [-0.1, -0.05) is 6.07 Å². The number of amides is 1. The van der Waals surface area contributed by atoms with Crippen molar-refractivity contribution in [2.75, 3.05) is 4.90 Å². The molecule has 0 unspecified atom stereocenters. The van der Waals surface area contributed by atoms with Crippen molar-refractivity contribution < 1.29 is 18.0 Å². The van der Waals surface area contributed by atoms with Gasteiger partial charge >= 0.3 is 6.30 Å². The fraction of sp³-hybridized carbons (Fsp3) is 0.304. The highest BCUT2D eigenvalue weighted by Crippen LogP contribution is 2.54. The van der Waals surface area contributed by atoms with Crippen LogP contribution in [0.25, 0.3) is 22.3 Å². The number of aromatic amines is 1. The molecule has 0 radical (unpaired) electrons. The van der Waals surface area contributed by atoms with Gasteiger partial charge in [0.15, 0.2) is 0 Å². The van der Waals surface area contributed by atoms with Gasteiger partial charge in [0.2, 0.25) is 5.91 Å². The number of anilines is 1. The third-order valence-electron chi connectivity index (χ3n) is 6.54. The Bertz CT molecular complexity index is 1390. The van der Waals surface area contributed by atoms with E-state index < -0.39 is 6.30 Å². The molecule has 0 spiro atoms. The van der Waals surface area contributed by atoms with Gasteiger partial charge in [-0.05, 0) is 55.5 Å². The number of rotatable bonds is 4. The summed E-state index contributed by atoms with van der Waals surface area (Å²) in [6.45, 7) is 1.83. The molecule has 1 saturated carbocycles. The molecular weight excluding hydrogens is 433 g/mol. The zero-order chi connectivity index (χ0) is 22.9. The van der Waals surface area contributed by atoms with E-state index >= 15 is 0 Å². The molecule has 1 aromatic carbocycles. The van der Waals surface area contributed by atoms with Gasteiger partial charge in [0.1, 0.15) is 0 Å². The Morgan fingerprint density at radius 2 is 1.97 bits per heavy atom. The van der Waals surface area contributed by atoms with Gasteiger partial charge < -0.3 is 9.88 Å². The highest BCUT2D eigenvalue weighted by molar-refractivity contribution is 6.04. The maximum Gasteiger partial charge on any atom is 0.504 e. The lowest BCUT2D eigenvalue weighted by Gasteiger charge is -2.48. The molecule has 1 aliphatic heterocycles. The van der Waals surface area contributed by atoms with E-state index in [2.05, 4.69) is 20.1 Å². The zero-order valence-electron chi connectivity index (χ0n) is 17.5. The van der Waals surface area contributed by atoms with Crippen LogP contribution in [-0.4, -0.2) is 30.6 Å². The van der Waals surface area contributed by atoms with Crippen molar-refractivity contribution in [3.8, 4) is 11.3 Å². The van der Waals surface area contributed by atoms with Crippen molar-refractivity contribution in [1.29, 1.82) is 0 Å². The number of nitrogens with one attached hydrogen (secondary N) is 1. The van der Waals surface area contributed by atoms with Crippen molar-refractivity contribution in [2.45, 2.75) is 32.1 Å². The summed E-state index contributed by atoms with van der Waals surface area (Å²) in [6.07, 6.45) is 1.17. The van der Waals surface area contributed by atoms with Crippen LogP contribution in [0.4, 0.5) is 18.9 Å². The summed E-state index contributed by atoms with van der Waals surface area (Å²) in [4.78, 5) is 26.9. The molecule has 2 atom stereocenters. The van der Waals surface area contributed by atoms with Crippen LogP contribution in [0.5, 0.6) is 0 Å². The molecule has 3 aromatic heterocycles. The summed E-state index contributed by atoms with van der Waals surface area (Å²) in [5.74, 6) is 0.337. The number of carbonyl (C=O) groups excluding carboxylic acids is 1. The van der Waals surface area contributed by atoms with E-state index in [4.69, 9.17) is 0 Å². The van der Waals surface area contributed by atoms with Crippen molar-refractivity contribution in [3.63, 3.8) is 0 Å². The maximum absolute atomic E-state index is 13.2. The topological polar surface area (TPSA) is 79.7 Å². The molecule has 168 valence electrons. The number of H-pyrrole nitrogens is 1. The Kier molecular flexibility index (Phi) is 4.17. The van der Waals surface area contributed by atoms with E-state index in [-0.39, 0.29) is 28.1 Å². The lowest BCUT2D eigenvalue weighted by atomic mass is 9.78. The van der Waals surface area contributed by atoms with Crippen molar-refractivity contribution >= 4 is 22.6 Å². The van der Waals surface area contributed by atoms with Crippen molar-refractivity contribution in [2.24, 2.45) is 11.8 Å². The Labute approximate surface area is 186 Å². The number of hydrogen-bond acceptors (Lipinski definition) is 4. The predicted octanol–water partition coefficient (Wildman–Crippen LogP) is 4.72. The molecule has 10 heteroatoms. The molecule has 1 N–H and O–H groups in total. The number of β-lactam (4-membered cyclic amide) rings is 1. The number of alkyl halides is 3. The fourth-order valence-corrected chi connectivity index (χ4v) is 4.76. The van der Waals surface area contributed by atoms with Gasteiger partial charge in [-0.25, -0.2) is 4.98 Å². The highest BCUT2D eigenvalue weighted by Gasteiger charge is 2.55. The van der Waals surface area contributed by atoms with E-state index in [9.17, 15) is 18.0 Å². The van der Waals surface area contributed by atoms with Crippen LogP contribution >= 0.6 is 0 Å². The number of imidazole rings is 1. The fourth-order valence-electron chi connectivity index (χ4n) is 4.76. The number of benzene rings is 1. The van der Waals surface area contributed by atoms with Crippen LogP contribution in [0, 0.1) is 18.8 Å². The van der Waals surface area contributed by atoms with Crippen molar-refractivity contribution in [3.05, 3.63) is 60.3 Å². The van der Waals surface area contributed by atoms with Gasteiger partial charge in [-0.3, -0.25) is 9.78 Å². The molecular formula is C23H19F3N6O. The van der Waals surface area contributed by atoms with Gasteiger partial charge in [0.05, 0.1) is 41.2 Å². The van der Waals surface area contributed by atoms with Gasteiger partial charge in [-0.15, -0.1) is 13.2 Å². The first-order valence-electron chi connectivity index (χ1n) is 10.7. The van der Waals surface area contributed by atoms with Crippen LogP contribution in [0.3, 0.4) is 0 Å². The molecule has 7 nitrogen and oxygen atoms in total. The summed E-state index contributed by atoms with van der Waals surface area (Å²) in [7, 11) is 0. The van der Waals surface area contributed by atoms with E-state index in [0.717, 1.165) is 47.5 Å². The SMILES string of the molecule is Cc1nc(-c2cnn(C(F)(F)F)c2)ccc1[C@@H]1[C@H](C2CC2)C(=O)N1c1ccc2[nH]cnc2c1. The average Bonchev–Trinajstić information content (AvgIpc) is 3.25. The first-order chi connectivity index (χ1) is 15.8. The molecule has 33 heavy (non-hydrogen) atoms. The van der Waals surface area contributed by atoms with Crippen LogP contribution < -0.4 is 4.90 Å². The molecule has 2 aliphatic rings. The number of aromatic nitrogens is 5. The number of fused-ring (bicyclic) bond motifs is 1. The normalized spacial score (nSPS) is 21.0. The zero-order valence-corrected chi connectivity index (χ0v) is 17.5. The first-order valence-corrected chi connectivity index (χ1v) is 10.7. The number of nitrogens with zero attached hydrogens (tertiary/aromatic N) is 5. The molecule has 4 aromatic rings. The molecule has 1 amide bonds. The van der Waals surface area contributed by atoms with Crippen LogP contribution in [-0.2, 0) is 11.1 Å². The van der Waals surface area contributed by atoms with Gasteiger partial charge in [-0.2, -0.15) is 9.78 Å². The second-order valence-electron chi connectivity index (χ2n) is 8.63. The van der Waals surface area contributed by atoms with E-state index in [1.165, 1.54) is 0 Å². The number of carbonyl (C=O) groups is 1. The van der Waals surface area contributed by atoms with Crippen LogP contribution in [0.15, 0.2) is 49.1 Å². The largest absolute Gasteiger partial charge is 0.504 e. The van der Waals surface area contributed by atoms with Gasteiger partial charge in [0, 0.05) is 23.1 Å². The molecule has 4 heterocycles. The number of aryl methyl sites for hydroxylation is 1. The number of pyridine rings is 1. The Hall–Kier alpha value is -3.69. The minimum absolute atomic E-state index is 0.0338. The minimum Gasteiger partial charge on any atom is -0.345 e.